The average molecular weight is 1070 g/mol. The number of hydrogen-bond donors (Lipinski definition) is 0. The van der Waals surface area contributed by atoms with Gasteiger partial charge in [-0.1, -0.05) is 170 Å². The van der Waals surface area contributed by atoms with Crippen molar-refractivity contribution in [1.82, 2.24) is 14.5 Å². The van der Waals surface area contributed by atoms with Gasteiger partial charge in [0.15, 0.2) is 0 Å². The van der Waals surface area contributed by atoms with E-state index in [2.05, 4.69) is 172 Å². The fourth-order valence-electron chi connectivity index (χ4n) is 8.98. The van der Waals surface area contributed by atoms with Crippen molar-refractivity contribution in [3.8, 4) is 28.3 Å². The van der Waals surface area contributed by atoms with Crippen molar-refractivity contribution < 1.29 is 27.0 Å². The van der Waals surface area contributed by atoms with Crippen molar-refractivity contribution >= 4 is 77.3 Å². The van der Waals surface area contributed by atoms with Gasteiger partial charge in [0, 0.05) is 43.5 Å². The minimum Gasteiger partial charge on any atom is -0.333 e. The Morgan fingerprint density at radius 2 is 1.49 bits per heavy atom. The number of aromatic nitrogens is 3. The number of imidazole rings is 1. The molecule has 3 nitrogen and oxygen atoms in total. The van der Waals surface area contributed by atoms with Crippen LogP contribution < -0.4 is 5.19 Å². The van der Waals surface area contributed by atoms with Gasteiger partial charge in [-0.15, -0.1) is 53.6 Å². The van der Waals surface area contributed by atoms with Gasteiger partial charge in [-0.2, -0.15) is 11.3 Å². The molecule has 0 spiro atoms. The smallest absolute Gasteiger partial charge is 0.0798 e. The molecule has 0 aliphatic carbocycles. The first-order chi connectivity index (χ1) is 32.6. The molecule has 10 rings (SSSR count). The van der Waals surface area contributed by atoms with Crippen LogP contribution in [0.3, 0.4) is 0 Å². The van der Waals surface area contributed by atoms with Crippen LogP contribution in [-0.4, -0.2) is 22.6 Å². The summed E-state index contributed by atoms with van der Waals surface area (Å²) in [6, 6.07) is 50.7. The maximum Gasteiger partial charge on any atom is 0.0798 e. The summed E-state index contributed by atoms with van der Waals surface area (Å²) in [6.07, 6.45) is 0.269. The van der Waals surface area contributed by atoms with E-state index >= 15 is 0 Å². The van der Waals surface area contributed by atoms with Gasteiger partial charge >= 0.3 is 0 Å². The van der Waals surface area contributed by atoms with Crippen molar-refractivity contribution in [2.75, 3.05) is 0 Å². The minimum absolute atomic E-state index is 0. The zero-order chi connectivity index (χ0) is 49.4. The van der Waals surface area contributed by atoms with Crippen LogP contribution >= 0.6 is 11.3 Å². The SMILES string of the molecule is CC(C)c1cccc(C(C)C)c1-n1c(-c2[c-]ccc3c2sc2ccc4c5ccccc5ccc4c23)nc2ccccc21.[2H]C([2H])([2H])c1c[c-]c(-c2cc(C([2H])([2H])C(C)(C)C)c([Si](C)(C)C)cn2)cc1.[Ir]. The van der Waals surface area contributed by atoms with Crippen LogP contribution in [0.2, 0.25) is 19.6 Å². The molecule has 0 N–H and O–H groups in total. The Balaban J connectivity index is 0.000000205. The number of hydrogen-bond acceptors (Lipinski definition) is 3. The molecule has 3 aromatic heterocycles. The minimum atomic E-state index is -2.17. The summed E-state index contributed by atoms with van der Waals surface area (Å²) >= 11 is 1.85. The van der Waals surface area contributed by atoms with Crippen molar-refractivity contribution in [2.45, 2.75) is 93.2 Å². The number of thiophene rings is 1. The molecular formula is C59H59IrN3SSi-2. The molecule has 0 bridgehead atoms. The normalized spacial score (nSPS) is 13.7. The first-order valence-corrected chi connectivity index (χ1v) is 26.7. The van der Waals surface area contributed by atoms with Gasteiger partial charge in [-0.05, 0) is 95.5 Å². The average Bonchev–Trinajstić information content (AvgIpc) is 3.89. The van der Waals surface area contributed by atoms with Gasteiger partial charge in [-0.3, -0.25) is 4.98 Å². The quantitative estimate of drug-likeness (QED) is 0.0905. The van der Waals surface area contributed by atoms with Gasteiger partial charge in [0.05, 0.1) is 24.9 Å². The number of nitrogens with zero attached hydrogens (tertiary/aromatic N) is 3. The molecule has 0 fully saturated rings. The predicted octanol–water partition coefficient (Wildman–Crippen LogP) is 16.4. The third kappa shape index (κ3) is 9.04. The Bertz CT molecular complexity index is 3530. The molecule has 0 atom stereocenters. The second kappa shape index (κ2) is 18.2. The number of fused-ring (bicyclic) bond motifs is 8. The number of aryl methyl sites for hydroxylation is 1. The van der Waals surface area contributed by atoms with E-state index in [0.29, 0.717) is 28.7 Å². The monoisotopic (exact) mass is 1070 g/mol. The number of rotatable bonds is 7. The van der Waals surface area contributed by atoms with Crippen LogP contribution in [0.4, 0.5) is 0 Å². The summed E-state index contributed by atoms with van der Waals surface area (Å²) in [5.41, 5.74) is 8.74. The van der Waals surface area contributed by atoms with E-state index in [1.54, 1.807) is 18.3 Å². The Morgan fingerprint density at radius 3 is 2.18 bits per heavy atom. The molecule has 0 aliphatic heterocycles. The van der Waals surface area contributed by atoms with Gasteiger partial charge in [0.2, 0.25) is 0 Å². The topological polar surface area (TPSA) is 30.7 Å². The second-order valence-corrected chi connectivity index (χ2v) is 25.7. The van der Waals surface area contributed by atoms with Crippen molar-refractivity contribution in [2.24, 2.45) is 5.41 Å². The van der Waals surface area contributed by atoms with Gasteiger partial charge in [0.25, 0.3) is 0 Å². The van der Waals surface area contributed by atoms with Crippen LogP contribution in [-0.2, 0) is 26.5 Å². The summed E-state index contributed by atoms with van der Waals surface area (Å²) in [7, 11) is -1.81. The van der Waals surface area contributed by atoms with E-state index < -0.39 is 26.7 Å². The van der Waals surface area contributed by atoms with Crippen molar-refractivity contribution in [3.63, 3.8) is 0 Å². The molecular weight excluding hydrogens is 1000 g/mol. The number of pyridine rings is 1. The zero-order valence-electron chi connectivity index (χ0n) is 43.9. The molecule has 10 aromatic rings. The fourth-order valence-corrected chi connectivity index (χ4v) is 11.6. The van der Waals surface area contributed by atoms with Crippen molar-refractivity contribution in [3.05, 3.63) is 168 Å². The van der Waals surface area contributed by atoms with E-state index in [-0.39, 0.29) is 25.7 Å². The van der Waals surface area contributed by atoms with Crippen LogP contribution in [0, 0.1) is 24.4 Å². The molecule has 0 unspecified atom stereocenters. The first-order valence-electron chi connectivity index (χ1n) is 24.9. The number of para-hydroxylation sites is 3. The van der Waals surface area contributed by atoms with E-state index in [1.165, 1.54) is 64.6 Å². The molecule has 0 aliphatic rings. The maximum absolute atomic E-state index is 8.79. The molecule has 1 radical (unpaired) electrons. The van der Waals surface area contributed by atoms with E-state index in [4.69, 9.17) is 11.8 Å². The molecule has 0 saturated heterocycles. The third-order valence-corrected chi connectivity index (χ3v) is 15.2. The summed E-state index contributed by atoms with van der Waals surface area (Å²) < 4.78 is 45.0. The van der Waals surface area contributed by atoms with Crippen LogP contribution in [0.25, 0.3) is 81.1 Å². The molecule has 3 heterocycles. The van der Waals surface area contributed by atoms with E-state index in [0.717, 1.165) is 27.6 Å². The van der Waals surface area contributed by atoms with Gasteiger partial charge in [0.1, 0.15) is 0 Å². The Kier molecular flexibility index (Phi) is 11.2. The molecule has 0 amide bonds. The summed E-state index contributed by atoms with van der Waals surface area (Å²) in [5, 5.41) is 8.77. The summed E-state index contributed by atoms with van der Waals surface area (Å²) in [6.45, 7) is 19.2. The van der Waals surface area contributed by atoms with Crippen LogP contribution in [0.5, 0.6) is 0 Å². The summed E-state index contributed by atoms with van der Waals surface area (Å²) in [5.74, 6) is 1.70. The maximum atomic E-state index is 8.79. The fraction of sp³-hybridized carbons (Fsp3) is 0.254. The Labute approximate surface area is 411 Å². The Morgan fingerprint density at radius 1 is 0.769 bits per heavy atom. The standard InChI is InChI=1S/C39H31N2S.C20H28NSi.Ir/c1-23(2)26-13-9-14-27(24(3)4)37(26)41-34-18-8-7-17-33(34)40-39(41)32-16-10-15-31-36-30-20-19-25-11-5-6-12-28(25)29(30)21-22-35(36)42-38(31)32;1-15-8-10-16(11-9-15)18-12-17(13-20(2,3)4)19(14-21-18)22(5,6)7;/h5-15,17-24H,1-4H3;8-10,12,14H,13H2,1-7H3;/q2*-1;/i;1D3,13D2;. The molecule has 7 aromatic carbocycles. The second-order valence-electron chi connectivity index (χ2n) is 19.6. The molecule has 6 heteroatoms. The molecule has 65 heavy (non-hydrogen) atoms. The predicted molar refractivity (Wildman–Crippen MR) is 281 cm³/mol. The Hall–Kier alpha value is -5.23. The first kappa shape index (κ1) is 40.1. The third-order valence-electron chi connectivity index (χ3n) is 12.0. The molecule has 0 saturated carbocycles. The van der Waals surface area contributed by atoms with Gasteiger partial charge in [-0.25, -0.2) is 0 Å². The van der Waals surface area contributed by atoms with Gasteiger partial charge < -0.3 is 9.55 Å². The van der Waals surface area contributed by atoms with Crippen LogP contribution in [0.15, 0.2) is 134 Å². The van der Waals surface area contributed by atoms with Crippen LogP contribution in [0.1, 0.15) is 89.4 Å². The van der Waals surface area contributed by atoms with E-state index in [9.17, 15) is 0 Å². The summed E-state index contributed by atoms with van der Waals surface area (Å²) in [4.78, 5) is 9.88. The number of benzene rings is 7. The van der Waals surface area contributed by atoms with E-state index in [1.807, 2.05) is 38.2 Å². The van der Waals surface area contributed by atoms with Crippen molar-refractivity contribution in [1.29, 1.82) is 0 Å². The molecule has 331 valence electrons. The largest absolute Gasteiger partial charge is 0.333 e. The zero-order valence-corrected chi connectivity index (χ0v) is 43.2.